The molecule has 0 radical (unpaired) electrons. The number of hydrogen-bond donors (Lipinski definition) is 1. The lowest BCUT2D eigenvalue weighted by Gasteiger charge is -2.30. The van der Waals surface area contributed by atoms with Crippen molar-refractivity contribution in [3.63, 3.8) is 0 Å². The number of benzene rings is 2. The fourth-order valence-corrected chi connectivity index (χ4v) is 5.73. The molecule has 0 spiro atoms. The lowest BCUT2D eigenvalue weighted by atomic mass is 9.97. The van der Waals surface area contributed by atoms with Crippen LogP contribution in [0.4, 0.5) is 4.39 Å². The number of carbonyl (C=O) groups excluding carboxylic acids is 1. The van der Waals surface area contributed by atoms with Crippen LogP contribution in [0.15, 0.2) is 42.5 Å². The van der Waals surface area contributed by atoms with Crippen molar-refractivity contribution in [2.75, 3.05) is 26.7 Å². The van der Waals surface area contributed by atoms with Gasteiger partial charge in [0.05, 0.1) is 12.9 Å². The Kier molecular flexibility index (Phi) is 8.51. The lowest BCUT2D eigenvalue weighted by molar-refractivity contribution is -0.126. The van der Waals surface area contributed by atoms with Gasteiger partial charge in [-0.05, 0) is 55.5 Å². The van der Waals surface area contributed by atoms with E-state index in [1.165, 1.54) is 22.5 Å². The van der Waals surface area contributed by atoms with Crippen LogP contribution in [0.2, 0.25) is 5.02 Å². The highest BCUT2D eigenvalue weighted by Gasteiger charge is 2.32. The van der Waals surface area contributed by atoms with Crippen LogP contribution in [-0.2, 0) is 27.0 Å². The maximum atomic E-state index is 14.0. The molecular formula is C23H28ClFN2O4S. The van der Waals surface area contributed by atoms with Crippen molar-refractivity contribution in [1.29, 1.82) is 0 Å². The van der Waals surface area contributed by atoms with Gasteiger partial charge in [0.15, 0.2) is 0 Å². The molecule has 32 heavy (non-hydrogen) atoms. The highest BCUT2D eigenvalue weighted by molar-refractivity contribution is 7.88. The maximum Gasteiger partial charge on any atom is 0.223 e. The van der Waals surface area contributed by atoms with Crippen LogP contribution >= 0.6 is 11.6 Å². The topological polar surface area (TPSA) is 75.7 Å². The van der Waals surface area contributed by atoms with E-state index in [2.05, 4.69) is 5.32 Å². The SMILES string of the molecule is COc1cccc(CCCNC(=O)C2CCN(S(=O)(=O)Cc3c(F)cccc3Cl)CC2)c1. The quantitative estimate of drug-likeness (QED) is 0.552. The van der Waals surface area contributed by atoms with E-state index in [1.807, 2.05) is 24.3 Å². The molecule has 1 heterocycles. The first-order valence-corrected chi connectivity index (χ1v) is 12.6. The molecule has 1 aliphatic rings. The van der Waals surface area contributed by atoms with E-state index in [-0.39, 0.29) is 35.5 Å². The van der Waals surface area contributed by atoms with Gasteiger partial charge in [0.1, 0.15) is 11.6 Å². The zero-order valence-corrected chi connectivity index (χ0v) is 19.6. The summed E-state index contributed by atoms with van der Waals surface area (Å²) in [6.07, 6.45) is 2.50. The Labute approximate surface area is 193 Å². The molecule has 6 nitrogen and oxygen atoms in total. The minimum Gasteiger partial charge on any atom is -0.497 e. The molecule has 1 fully saturated rings. The summed E-state index contributed by atoms with van der Waals surface area (Å²) in [4.78, 5) is 12.5. The smallest absolute Gasteiger partial charge is 0.223 e. The largest absolute Gasteiger partial charge is 0.497 e. The van der Waals surface area contributed by atoms with E-state index >= 15 is 0 Å². The molecule has 1 amide bonds. The zero-order chi connectivity index (χ0) is 23.1. The monoisotopic (exact) mass is 482 g/mol. The molecule has 0 aromatic heterocycles. The predicted molar refractivity (Wildman–Crippen MR) is 123 cm³/mol. The van der Waals surface area contributed by atoms with E-state index < -0.39 is 21.6 Å². The number of nitrogens with one attached hydrogen (secondary N) is 1. The Hall–Kier alpha value is -2.16. The van der Waals surface area contributed by atoms with Crippen LogP contribution in [0.5, 0.6) is 5.75 Å². The van der Waals surface area contributed by atoms with Crippen LogP contribution < -0.4 is 10.1 Å². The molecule has 1 N–H and O–H groups in total. The Morgan fingerprint density at radius 3 is 2.62 bits per heavy atom. The van der Waals surface area contributed by atoms with Crippen molar-refractivity contribution in [3.05, 3.63) is 64.4 Å². The zero-order valence-electron chi connectivity index (χ0n) is 18.0. The molecule has 174 valence electrons. The van der Waals surface area contributed by atoms with Gasteiger partial charge in [-0.1, -0.05) is 29.8 Å². The van der Waals surface area contributed by atoms with Gasteiger partial charge in [-0.3, -0.25) is 4.79 Å². The average molecular weight is 483 g/mol. The highest BCUT2D eigenvalue weighted by Crippen LogP contribution is 2.26. The highest BCUT2D eigenvalue weighted by atomic mass is 35.5. The summed E-state index contributed by atoms with van der Waals surface area (Å²) < 4.78 is 46.0. The summed E-state index contributed by atoms with van der Waals surface area (Å²) in [5.41, 5.74) is 1.12. The van der Waals surface area contributed by atoms with Gasteiger partial charge < -0.3 is 10.1 Å². The number of amides is 1. The lowest BCUT2D eigenvalue weighted by Crippen LogP contribution is -2.43. The number of rotatable bonds is 9. The third-order valence-electron chi connectivity index (χ3n) is 5.68. The molecule has 2 aromatic rings. The normalized spacial score (nSPS) is 15.5. The van der Waals surface area contributed by atoms with Gasteiger partial charge >= 0.3 is 0 Å². The number of hydrogen-bond acceptors (Lipinski definition) is 4. The van der Waals surface area contributed by atoms with Crippen molar-refractivity contribution in [2.45, 2.75) is 31.4 Å². The number of aryl methyl sites for hydroxylation is 1. The summed E-state index contributed by atoms with van der Waals surface area (Å²) in [6, 6.07) is 11.9. The third-order valence-corrected chi connectivity index (χ3v) is 7.84. The van der Waals surface area contributed by atoms with Gasteiger partial charge in [0, 0.05) is 36.1 Å². The van der Waals surface area contributed by atoms with E-state index in [0.29, 0.717) is 19.4 Å². The molecule has 0 bridgehead atoms. The molecule has 9 heteroatoms. The first kappa shape index (κ1) is 24.5. The summed E-state index contributed by atoms with van der Waals surface area (Å²) in [6.45, 7) is 1.02. The third kappa shape index (κ3) is 6.43. The van der Waals surface area contributed by atoms with Crippen molar-refractivity contribution >= 4 is 27.5 Å². The molecule has 2 aromatic carbocycles. The molecule has 1 saturated heterocycles. The maximum absolute atomic E-state index is 14.0. The number of ether oxygens (including phenoxy) is 1. The summed E-state index contributed by atoms with van der Waals surface area (Å²) in [7, 11) is -2.09. The number of halogens is 2. The molecule has 0 aliphatic carbocycles. The predicted octanol–water partition coefficient (Wildman–Crippen LogP) is 3.78. The average Bonchev–Trinajstić information content (AvgIpc) is 2.79. The van der Waals surface area contributed by atoms with Crippen molar-refractivity contribution in [1.82, 2.24) is 9.62 Å². The minimum absolute atomic E-state index is 0.0231. The van der Waals surface area contributed by atoms with Crippen LogP contribution in [0.25, 0.3) is 0 Å². The van der Waals surface area contributed by atoms with Crippen molar-refractivity contribution in [2.24, 2.45) is 5.92 Å². The fourth-order valence-electron chi connectivity index (χ4n) is 3.82. The molecule has 1 aliphatic heterocycles. The van der Waals surface area contributed by atoms with E-state index in [4.69, 9.17) is 16.3 Å². The second kappa shape index (κ2) is 11.1. The molecule has 0 unspecified atom stereocenters. The molecular weight excluding hydrogens is 455 g/mol. The van der Waals surface area contributed by atoms with Gasteiger partial charge in [-0.25, -0.2) is 17.1 Å². The number of methoxy groups -OCH3 is 1. The second-order valence-electron chi connectivity index (χ2n) is 7.88. The molecule has 0 atom stereocenters. The van der Waals surface area contributed by atoms with Crippen molar-refractivity contribution < 1.29 is 22.3 Å². The Bertz CT molecular complexity index is 1020. The van der Waals surface area contributed by atoms with Gasteiger partial charge in [-0.15, -0.1) is 0 Å². The number of piperidine rings is 1. The number of carbonyl (C=O) groups is 1. The van der Waals surface area contributed by atoms with Crippen LogP contribution in [0.1, 0.15) is 30.4 Å². The number of nitrogens with zero attached hydrogens (tertiary/aromatic N) is 1. The van der Waals surface area contributed by atoms with Gasteiger partial charge in [0.25, 0.3) is 0 Å². The van der Waals surface area contributed by atoms with Crippen LogP contribution in [0, 0.1) is 11.7 Å². The minimum atomic E-state index is -3.72. The fraction of sp³-hybridized carbons (Fsp3) is 0.435. The van der Waals surface area contributed by atoms with Crippen LogP contribution in [-0.4, -0.2) is 45.4 Å². The standard InChI is InChI=1S/C23H28ClFN2O4S/c1-31-19-7-2-5-17(15-19)6-4-12-26-23(28)18-10-13-27(14-11-18)32(29,30)16-20-21(24)8-3-9-22(20)25/h2-3,5,7-9,15,18H,4,6,10-14,16H2,1H3,(H,26,28). The first-order valence-electron chi connectivity index (χ1n) is 10.6. The second-order valence-corrected chi connectivity index (χ2v) is 10.3. The number of sulfonamides is 1. The van der Waals surface area contributed by atoms with E-state index in [9.17, 15) is 17.6 Å². The summed E-state index contributed by atoms with van der Waals surface area (Å²) in [5.74, 6) is -0.588. The Morgan fingerprint density at radius 1 is 1.22 bits per heavy atom. The van der Waals surface area contributed by atoms with E-state index in [0.717, 1.165) is 24.2 Å². The van der Waals surface area contributed by atoms with Crippen molar-refractivity contribution in [3.8, 4) is 5.75 Å². The summed E-state index contributed by atoms with van der Waals surface area (Å²) in [5, 5.41) is 3.05. The van der Waals surface area contributed by atoms with E-state index in [1.54, 1.807) is 7.11 Å². The Balaban J connectivity index is 1.43. The van der Waals surface area contributed by atoms with Crippen LogP contribution in [0.3, 0.4) is 0 Å². The summed E-state index contributed by atoms with van der Waals surface area (Å²) >= 11 is 5.97. The Morgan fingerprint density at radius 2 is 1.94 bits per heavy atom. The van der Waals surface area contributed by atoms with Gasteiger partial charge in [-0.2, -0.15) is 0 Å². The first-order chi connectivity index (χ1) is 15.3. The molecule has 0 saturated carbocycles. The molecule has 3 rings (SSSR count). The van der Waals surface area contributed by atoms with Gasteiger partial charge in [0.2, 0.25) is 15.9 Å².